The van der Waals surface area contributed by atoms with Crippen molar-refractivity contribution in [2.45, 2.75) is 26.2 Å². The lowest BCUT2D eigenvalue weighted by Gasteiger charge is -2.39. The van der Waals surface area contributed by atoms with E-state index in [1.165, 1.54) is 0 Å². The summed E-state index contributed by atoms with van der Waals surface area (Å²) in [5, 5.41) is 1.10. The number of rotatable bonds is 3. The predicted octanol–water partition coefficient (Wildman–Crippen LogP) is 1.07. The number of nitrogens with zero attached hydrogens (tertiary/aromatic N) is 4. The molecule has 0 aliphatic carbocycles. The summed E-state index contributed by atoms with van der Waals surface area (Å²) in [6, 6.07) is 0. The van der Waals surface area contributed by atoms with Gasteiger partial charge in [0.25, 0.3) is 10.2 Å². The number of piperazine rings is 1. The highest BCUT2D eigenvalue weighted by Gasteiger charge is 2.35. The SMILES string of the molecule is CCC1CCN(S(=O)(=O)N2CCN(C3=NCCS3)CC2)CC1. The van der Waals surface area contributed by atoms with E-state index >= 15 is 0 Å². The van der Waals surface area contributed by atoms with Crippen LogP contribution in [0.3, 0.4) is 0 Å². The first-order valence-corrected chi connectivity index (χ1v) is 10.7. The number of amidine groups is 1. The highest BCUT2D eigenvalue weighted by molar-refractivity contribution is 8.14. The molecular formula is C14H26N4O2S2. The van der Waals surface area contributed by atoms with Gasteiger partial charge in [-0.3, -0.25) is 4.99 Å². The lowest BCUT2D eigenvalue weighted by atomic mass is 9.96. The molecule has 22 heavy (non-hydrogen) atoms. The average Bonchev–Trinajstić information content (AvgIpc) is 3.09. The minimum absolute atomic E-state index is 0.579. The van der Waals surface area contributed by atoms with Gasteiger partial charge in [0.15, 0.2) is 5.17 Å². The van der Waals surface area contributed by atoms with Crippen LogP contribution in [-0.2, 0) is 10.2 Å². The lowest BCUT2D eigenvalue weighted by molar-refractivity contribution is 0.224. The van der Waals surface area contributed by atoms with Gasteiger partial charge in [0, 0.05) is 45.0 Å². The Kier molecular flexibility index (Phi) is 5.31. The molecule has 0 spiro atoms. The first kappa shape index (κ1) is 16.5. The maximum atomic E-state index is 12.8. The van der Waals surface area contributed by atoms with E-state index in [1.807, 2.05) is 0 Å². The number of aliphatic imine (C=N–C) groups is 1. The molecule has 6 nitrogen and oxygen atoms in total. The minimum atomic E-state index is -3.27. The van der Waals surface area contributed by atoms with Crippen molar-refractivity contribution in [1.82, 2.24) is 13.5 Å². The molecule has 0 aromatic rings. The van der Waals surface area contributed by atoms with Gasteiger partial charge in [0.1, 0.15) is 0 Å². The van der Waals surface area contributed by atoms with E-state index in [0.717, 1.165) is 49.8 Å². The molecule has 0 N–H and O–H groups in total. The van der Waals surface area contributed by atoms with Crippen LogP contribution in [0.2, 0.25) is 0 Å². The Bertz CT molecular complexity index is 507. The third-order valence-corrected chi connectivity index (χ3v) is 7.95. The fourth-order valence-corrected chi connectivity index (χ4v) is 5.87. The summed E-state index contributed by atoms with van der Waals surface area (Å²) in [7, 11) is -3.27. The van der Waals surface area contributed by atoms with Crippen molar-refractivity contribution in [3.63, 3.8) is 0 Å². The van der Waals surface area contributed by atoms with Crippen molar-refractivity contribution in [1.29, 1.82) is 0 Å². The van der Waals surface area contributed by atoms with Crippen LogP contribution in [0.25, 0.3) is 0 Å². The van der Waals surface area contributed by atoms with Crippen LogP contribution in [0.5, 0.6) is 0 Å². The molecule has 0 radical (unpaired) electrons. The fourth-order valence-electron chi connectivity index (χ4n) is 3.34. The van der Waals surface area contributed by atoms with Gasteiger partial charge in [0.05, 0.1) is 6.54 Å². The summed E-state index contributed by atoms with van der Waals surface area (Å²) in [4.78, 5) is 6.71. The number of hydrogen-bond acceptors (Lipinski definition) is 5. The summed E-state index contributed by atoms with van der Waals surface area (Å²) in [6.07, 6.45) is 3.17. The van der Waals surface area contributed by atoms with Crippen molar-refractivity contribution in [2.75, 3.05) is 51.6 Å². The molecule has 3 rings (SSSR count). The first-order chi connectivity index (χ1) is 10.6. The first-order valence-electron chi connectivity index (χ1n) is 8.28. The Hall–Kier alpha value is -0.310. The number of thioether (sulfide) groups is 1. The van der Waals surface area contributed by atoms with E-state index in [0.29, 0.717) is 32.1 Å². The predicted molar refractivity (Wildman–Crippen MR) is 91.4 cm³/mol. The molecule has 0 aromatic heterocycles. The molecule has 2 saturated heterocycles. The second-order valence-electron chi connectivity index (χ2n) is 6.16. The van der Waals surface area contributed by atoms with E-state index in [4.69, 9.17) is 0 Å². The summed E-state index contributed by atoms with van der Waals surface area (Å²) in [5.74, 6) is 1.75. The van der Waals surface area contributed by atoms with Crippen LogP contribution >= 0.6 is 11.8 Å². The van der Waals surface area contributed by atoms with Crippen LogP contribution in [-0.4, -0.2) is 78.7 Å². The molecule has 8 heteroatoms. The summed E-state index contributed by atoms with van der Waals surface area (Å²) in [5.41, 5.74) is 0. The van der Waals surface area contributed by atoms with Gasteiger partial charge in [-0.1, -0.05) is 25.1 Å². The van der Waals surface area contributed by atoms with Crippen LogP contribution in [0.4, 0.5) is 0 Å². The van der Waals surface area contributed by atoms with E-state index < -0.39 is 10.2 Å². The Balaban J connectivity index is 1.55. The van der Waals surface area contributed by atoms with Crippen LogP contribution < -0.4 is 0 Å². The van der Waals surface area contributed by atoms with E-state index in [-0.39, 0.29) is 0 Å². The molecule has 3 heterocycles. The Morgan fingerprint density at radius 3 is 2.27 bits per heavy atom. The molecule has 126 valence electrons. The molecule has 0 saturated carbocycles. The topological polar surface area (TPSA) is 56.2 Å². The van der Waals surface area contributed by atoms with Crippen molar-refractivity contribution in [3.8, 4) is 0 Å². The quantitative estimate of drug-likeness (QED) is 0.767. The Labute approximate surface area is 138 Å². The van der Waals surface area contributed by atoms with E-state index in [1.54, 1.807) is 20.4 Å². The molecule has 2 fully saturated rings. The molecule has 0 unspecified atom stereocenters. The van der Waals surface area contributed by atoms with Crippen molar-refractivity contribution in [2.24, 2.45) is 10.9 Å². The highest BCUT2D eigenvalue weighted by atomic mass is 32.2. The monoisotopic (exact) mass is 346 g/mol. The van der Waals surface area contributed by atoms with Gasteiger partial charge < -0.3 is 4.90 Å². The largest absolute Gasteiger partial charge is 0.349 e. The summed E-state index contributed by atoms with van der Waals surface area (Å²) in [6.45, 7) is 7.13. The maximum Gasteiger partial charge on any atom is 0.282 e. The van der Waals surface area contributed by atoms with Crippen molar-refractivity contribution >= 4 is 27.1 Å². The Morgan fingerprint density at radius 2 is 1.73 bits per heavy atom. The zero-order chi connectivity index (χ0) is 15.6. The van der Waals surface area contributed by atoms with Crippen LogP contribution in [0.1, 0.15) is 26.2 Å². The lowest BCUT2D eigenvalue weighted by Crippen LogP contribution is -2.54. The molecule has 3 aliphatic heterocycles. The van der Waals surface area contributed by atoms with Gasteiger partial charge in [-0.15, -0.1) is 0 Å². The van der Waals surface area contributed by atoms with Gasteiger partial charge >= 0.3 is 0 Å². The number of piperidine rings is 1. The normalized spacial score (nSPS) is 26.4. The minimum Gasteiger partial charge on any atom is -0.349 e. The molecular weight excluding hydrogens is 320 g/mol. The van der Waals surface area contributed by atoms with Crippen molar-refractivity contribution in [3.05, 3.63) is 0 Å². The highest BCUT2D eigenvalue weighted by Crippen LogP contribution is 2.24. The zero-order valence-corrected chi connectivity index (χ0v) is 14.9. The average molecular weight is 347 g/mol. The third-order valence-electron chi connectivity index (χ3n) is 4.88. The summed E-state index contributed by atoms with van der Waals surface area (Å²) >= 11 is 1.79. The van der Waals surface area contributed by atoms with E-state index in [9.17, 15) is 8.42 Å². The summed E-state index contributed by atoms with van der Waals surface area (Å²) < 4.78 is 28.9. The fraction of sp³-hybridized carbons (Fsp3) is 0.929. The molecule has 3 aliphatic rings. The molecule has 0 amide bonds. The second kappa shape index (κ2) is 7.07. The van der Waals surface area contributed by atoms with Gasteiger partial charge in [-0.05, 0) is 18.8 Å². The zero-order valence-electron chi connectivity index (χ0n) is 13.3. The molecule has 0 atom stereocenters. The smallest absolute Gasteiger partial charge is 0.282 e. The van der Waals surface area contributed by atoms with Gasteiger partial charge in [-0.25, -0.2) is 0 Å². The third kappa shape index (κ3) is 3.44. The molecule has 0 bridgehead atoms. The maximum absolute atomic E-state index is 12.8. The van der Waals surface area contributed by atoms with E-state index in [2.05, 4.69) is 16.8 Å². The molecule has 0 aromatic carbocycles. The second-order valence-corrected chi connectivity index (χ2v) is 9.15. The van der Waals surface area contributed by atoms with Gasteiger partial charge in [0.2, 0.25) is 0 Å². The Morgan fingerprint density at radius 1 is 1.09 bits per heavy atom. The number of hydrogen-bond donors (Lipinski definition) is 0. The van der Waals surface area contributed by atoms with Crippen LogP contribution in [0.15, 0.2) is 4.99 Å². The van der Waals surface area contributed by atoms with Gasteiger partial charge in [-0.2, -0.15) is 17.0 Å². The van der Waals surface area contributed by atoms with Crippen LogP contribution in [0, 0.1) is 5.92 Å². The van der Waals surface area contributed by atoms with Crippen molar-refractivity contribution < 1.29 is 8.42 Å². The standard InChI is InChI=1S/C14H26N4O2S2/c1-2-13-3-6-17(7-4-13)22(19,20)18-10-8-16(9-11-18)14-15-5-12-21-14/h13H,2-12H2,1H3.